The highest BCUT2D eigenvalue weighted by atomic mass is 19.1. The van der Waals surface area contributed by atoms with Crippen LogP contribution in [0.25, 0.3) is 5.57 Å². The molecule has 2 rings (SSSR count). The summed E-state index contributed by atoms with van der Waals surface area (Å²) in [6.07, 6.45) is 1.38. The van der Waals surface area contributed by atoms with Crippen LogP contribution in [0.5, 0.6) is 5.75 Å². The normalized spacial score (nSPS) is 11.3. The molecule has 0 aliphatic heterocycles. The quantitative estimate of drug-likeness (QED) is 0.795. The van der Waals surface area contributed by atoms with E-state index in [2.05, 4.69) is 25.9 Å². The molecule has 0 spiro atoms. The Balaban J connectivity index is 2.22. The van der Waals surface area contributed by atoms with Crippen molar-refractivity contribution < 1.29 is 9.13 Å². The fraction of sp³-hybridized carbons (Fsp3) is 0.286. The van der Waals surface area contributed by atoms with Crippen molar-refractivity contribution in [2.45, 2.75) is 13.8 Å². The predicted molar refractivity (Wildman–Crippen MR) is 78.1 cm³/mol. The Morgan fingerprint density at radius 1 is 1.55 bits per heavy atom. The van der Waals surface area contributed by atoms with Crippen molar-refractivity contribution in [3.63, 3.8) is 0 Å². The van der Waals surface area contributed by atoms with Crippen molar-refractivity contribution >= 4 is 11.3 Å². The Bertz CT molecular complexity index is 690. The number of nitriles is 1. The first-order valence-corrected chi connectivity index (χ1v) is 6.63. The van der Waals surface area contributed by atoms with Crippen LogP contribution >= 0.6 is 0 Å². The van der Waals surface area contributed by atoms with Crippen molar-refractivity contribution in [2.75, 3.05) is 11.9 Å². The number of aromatic nitrogens is 4. The van der Waals surface area contributed by atoms with Gasteiger partial charge in [0.2, 0.25) is 5.82 Å². The summed E-state index contributed by atoms with van der Waals surface area (Å²) in [7, 11) is 0. The lowest BCUT2D eigenvalue weighted by Gasteiger charge is -2.13. The summed E-state index contributed by atoms with van der Waals surface area (Å²) in [6, 6.07) is 6.46. The Hall–Kier alpha value is -2.95. The van der Waals surface area contributed by atoms with Crippen LogP contribution in [0.15, 0.2) is 24.4 Å². The minimum absolute atomic E-state index is 0.109. The number of allylic oxidation sites excluding steroid dienone is 1. The largest absolute Gasteiger partial charge is 0.488 e. The Kier molecular flexibility index (Phi) is 5.03. The topological polar surface area (TPSA) is 99.5 Å². The van der Waals surface area contributed by atoms with Crippen LogP contribution in [0.3, 0.4) is 0 Å². The summed E-state index contributed by atoms with van der Waals surface area (Å²) in [6.45, 7) is 4.32. The molecule has 8 heteroatoms. The third-order valence-electron chi connectivity index (χ3n) is 2.61. The minimum atomic E-state index is -0.475. The van der Waals surface area contributed by atoms with Gasteiger partial charge in [-0.15, -0.1) is 10.2 Å². The molecule has 2 aromatic rings. The van der Waals surface area contributed by atoms with Crippen molar-refractivity contribution in [1.29, 1.82) is 5.26 Å². The SMILES string of the molecule is CC(C)COc1c(F)cccc1NC=C(C#N)c1nn[nH]n1. The van der Waals surface area contributed by atoms with Crippen LogP contribution < -0.4 is 10.1 Å². The Morgan fingerprint density at radius 3 is 3.00 bits per heavy atom. The molecule has 0 atom stereocenters. The number of tetrazole rings is 1. The van der Waals surface area contributed by atoms with Gasteiger partial charge in [-0.25, -0.2) is 4.39 Å². The molecule has 0 saturated heterocycles. The number of hydrogen-bond donors (Lipinski definition) is 2. The number of hydrogen-bond acceptors (Lipinski definition) is 6. The van der Waals surface area contributed by atoms with Gasteiger partial charge in [0.05, 0.1) is 12.3 Å². The molecule has 0 aliphatic carbocycles. The molecule has 7 nitrogen and oxygen atoms in total. The summed E-state index contributed by atoms with van der Waals surface area (Å²) in [5.41, 5.74) is 0.574. The summed E-state index contributed by atoms with van der Waals surface area (Å²) in [5, 5.41) is 25.0. The highest BCUT2D eigenvalue weighted by Crippen LogP contribution is 2.28. The molecule has 0 radical (unpaired) electrons. The smallest absolute Gasteiger partial charge is 0.216 e. The highest BCUT2D eigenvalue weighted by molar-refractivity contribution is 5.74. The van der Waals surface area contributed by atoms with Crippen LogP contribution in [0.1, 0.15) is 19.7 Å². The van der Waals surface area contributed by atoms with Crippen molar-refractivity contribution in [3.05, 3.63) is 36.0 Å². The summed E-state index contributed by atoms with van der Waals surface area (Å²) >= 11 is 0. The fourth-order valence-corrected chi connectivity index (χ4v) is 1.59. The van der Waals surface area contributed by atoms with Gasteiger partial charge in [-0.3, -0.25) is 0 Å². The van der Waals surface area contributed by atoms with Gasteiger partial charge in [0.25, 0.3) is 0 Å². The molecule has 1 heterocycles. The zero-order valence-electron chi connectivity index (χ0n) is 12.2. The number of aromatic amines is 1. The number of para-hydroxylation sites is 1. The van der Waals surface area contributed by atoms with Crippen LogP contribution in [0.4, 0.5) is 10.1 Å². The Morgan fingerprint density at radius 2 is 2.36 bits per heavy atom. The molecule has 0 amide bonds. The van der Waals surface area contributed by atoms with Crippen molar-refractivity contribution in [3.8, 4) is 11.8 Å². The first kappa shape index (κ1) is 15.4. The molecule has 0 bridgehead atoms. The highest BCUT2D eigenvalue weighted by Gasteiger charge is 2.11. The molecule has 0 saturated carbocycles. The molecule has 22 heavy (non-hydrogen) atoms. The lowest BCUT2D eigenvalue weighted by molar-refractivity contribution is 0.261. The maximum atomic E-state index is 13.9. The van der Waals surface area contributed by atoms with Crippen LogP contribution in [-0.2, 0) is 0 Å². The van der Waals surface area contributed by atoms with Gasteiger partial charge >= 0.3 is 0 Å². The van der Waals surface area contributed by atoms with Crippen LogP contribution in [0.2, 0.25) is 0 Å². The molecular formula is C14H15FN6O. The third-order valence-corrected chi connectivity index (χ3v) is 2.61. The maximum absolute atomic E-state index is 13.9. The van der Waals surface area contributed by atoms with Gasteiger partial charge in [-0.2, -0.15) is 10.5 Å². The van der Waals surface area contributed by atoms with Crippen LogP contribution in [0, 0.1) is 23.1 Å². The van der Waals surface area contributed by atoms with E-state index in [1.807, 2.05) is 19.9 Å². The first-order valence-electron chi connectivity index (χ1n) is 6.63. The fourth-order valence-electron chi connectivity index (χ4n) is 1.59. The molecule has 2 N–H and O–H groups in total. The van der Waals surface area contributed by atoms with Gasteiger partial charge in [-0.05, 0) is 23.3 Å². The third kappa shape index (κ3) is 3.79. The molecule has 0 unspecified atom stereocenters. The zero-order chi connectivity index (χ0) is 15.9. The average molecular weight is 302 g/mol. The summed E-state index contributed by atoms with van der Waals surface area (Å²) in [5.74, 6) is 0.0445. The lowest BCUT2D eigenvalue weighted by Crippen LogP contribution is -2.07. The number of H-pyrrole nitrogens is 1. The molecule has 1 aromatic heterocycles. The summed E-state index contributed by atoms with van der Waals surface area (Å²) < 4.78 is 19.4. The zero-order valence-corrected chi connectivity index (χ0v) is 12.2. The monoisotopic (exact) mass is 302 g/mol. The minimum Gasteiger partial charge on any atom is -0.488 e. The number of benzene rings is 1. The van der Waals surface area contributed by atoms with Gasteiger partial charge < -0.3 is 10.1 Å². The lowest BCUT2D eigenvalue weighted by atomic mass is 10.2. The van der Waals surface area contributed by atoms with Gasteiger partial charge in [0, 0.05) is 6.20 Å². The van der Waals surface area contributed by atoms with E-state index in [1.165, 1.54) is 12.3 Å². The van der Waals surface area contributed by atoms with E-state index in [0.717, 1.165) is 0 Å². The number of nitrogens with one attached hydrogen (secondary N) is 2. The van der Waals surface area contributed by atoms with Crippen molar-refractivity contribution in [2.24, 2.45) is 5.92 Å². The van der Waals surface area contributed by atoms with E-state index in [4.69, 9.17) is 10.00 Å². The number of nitrogens with zero attached hydrogens (tertiary/aromatic N) is 4. The molecule has 0 aliphatic rings. The maximum Gasteiger partial charge on any atom is 0.216 e. The van der Waals surface area contributed by atoms with Gasteiger partial charge in [-0.1, -0.05) is 19.9 Å². The van der Waals surface area contributed by atoms with E-state index in [0.29, 0.717) is 12.3 Å². The van der Waals surface area contributed by atoms with Gasteiger partial charge in [0.15, 0.2) is 11.6 Å². The molecule has 1 aromatic carbocycles. The van der Waals surface area contributed by atoms with Gasteiger partial charge in [0.1, 0.15) is 11.6 Å². The Labute approximate surface area is 126 Å². The van der Waals surface area contributed by atoms with E-state index in [9.17, 15) is 4.39 Å². The van der Waals surface area contributed by atoms with Crippen molar-refractivity contribution in [1.82, 2.24) is 20.6 Å². The van der Waals surface area contributed by atoms with E-state index < -0.39 is 5.82 Å². The predicted octanol–water partition coefficient (Wildman–Crippen LogP) is 2.35. The molecular weight excluding hydrogens is 287 g/mol. The summed E-state index contributed by atoms with van der Waals surface area (Å²) in [4.78, 5) is 0. The second kappa shape index (κ2) is 7.17. The van der Waals surface area contributed by atoms with E-state index in [-0.39, 0.29) is 23.1 Å². The van der Waals surface area contributed by atoms with E-state index >= 15 is 0 Å². The second-order valence-corrected chi connectivity index (χ2v) is 4.87. The number of halogens is 1. The molecule has 114 valence electrons. The number of ether oxygens (including phenoxy) is 1. The van der Waals surface area contributed by atoms with E-state index in [1.54, 1.807) is 12.1 Å². The number of anilines is 1. The van der Waals surface area contributed by atoms with Crippen LogP contribution in [-0.4, -0.2) is 27.2 Å². The average Bonchev–Trinajstić information content (AvgIpc) is 3.01. The second-order valence-electron chi connectivity index (χ2n) is 4.87. The standard InChI is InChI=1S/C14H15FN6O/c1-9(2)8-22-13-11(15)4-3-5-12(13)17-7-10(6-16)14-18-20-21-19-14/h3-5,7,9,17H,8H2,1-2H3,(H,18,19,20,21). The molecule has 0 fully saturated rings. The number of rotatable bonds is 6. The first-order chi connectivity index (χ1) is 10.6.